The number of aromatic nitrogens is 3. The fourth-order valence-corrected chi connectivity index (χ4v) is 6.45. The third-order valence-corrected chi connectivity index (χ3v) is 8.71. The van der Waals surface area contributed by atoms with Crippen molar-refractivity contribution < 1.29 is 4.42 Å². The van der Waals surface area contributed by atoms with Crippen LogP contribution in [0.3, 0.4) is 0 Å². The van der Waals surface area contributed by atoms with Crippen LogP contribution in [0.25, 0.3) is 89.1 Å². The van der Waals surface area contributed by atoms with Gasteiger partial charge in [0.05, 0.1) is 11.2 Å². The number of hydrogen-bond donors (Lipinski definition) is 0. The molecule has 7 aromatic carbocycles. The highest BCUT2D eigenvalue weighted by atomic mass is 16.3. The fraction of sp³-hybridized carbons (Fsp3) is 0. The van der Waals surface area contributed by atoms with Gasteiger partial charge in [-0.05, 0) is 69.4 Å². The van der Waals surface area contributed by atoms with E-state index >= 15 is 0 Å². The lowest BCUT2D eigenvalue weighted by Gasteiger charge is -2.15. The van der Waals surface area contributed by atoms with Crippen molar-refractivity contribution in [3.63, 3.8) is 0 Å². The van der Waals surface area contributed by atoms with Gasteiger partial charge < -0.3 is 4.42 Å². The molecule has 220 valence electrons. The SMILES string of the molecule is c1ccc(-c2nc(-c3cccc(-c4ccc5ccccc5c4-c4ccc5nc(-c6ccccc6)oc5c4)c3)c3ccccc3n2)cc1. The summed E-state index contributed by atoms with van der Waals surface area (Å²) in [5.74, 6) is 1.34. The van der Waals surface area contributed by atoms with E-state index in [1.165, 1.54) is 10.8 Å². The summed E-state index contributed by atoms with van der Waals surface area (Å²) in [5, 5.41) is 3.38. The minimum Gasteiger partial charge on any atom is -0.436 e. The zero-order valence-electron chi connectivity index (χ0n) is 25.3. The molecule has 0 saturated carbocycles. The van der Waals surface area contributed by atoms with Crippen LogP contribution < -0.4 is 0 Å². The molecule has 9 rings (SSSR count). The molecule has 0 aliphatic carbocycles. The Kier molecular flexibility index (Phi) is 6.43. The van der Waals surface area contributed by atoms with Crippen molar-refractivity contribution in [2.45, 2.75) is 0 Å². The Bertz CT molecular complexity index is 2570. The summed E-state index contributed by atoms with van der Waals surface area (Å²) >= 11 is 0. The van der Waals surface area contributed by atoms with Crippen molar-refractivity contribution >= 4 is 32.8 Å². The summed E-state index contributed by atoms with van der Waals surface area (Å²) in [4.78, 5) is 14.8. The van der Waals surface area contributed by atoms with Crippen molar-refractivity contribution in [3.8, 4) is 56.4 Å². The number of hydrogen-bond acceptors (Lipinski definition) is 4. The van der Waals surface area contributed by atoms with Crippen molar-refractivity contribution in [1.82, 2.24) is 15.0 Å². The second-order valence-electron chi connectivity index (χ2n) is 11.6. The predicted molar refractivity (Wildman–Crippen MR) is 192 cm³/mol. The molecule has 2 aromatic heterocycles. The summed E-state index contributed by atoms with van der Waals surface area (Å²) in [6, 6.07) is 56.4. The number of fused-ring (bicyclic) bond motifs is 3. The maximum Gasteiger partial charge on any atom is 0.227 e. The third kappa shape index (κ3) is 4.84. The van der Waals surface area contributed by atoms with Crippen LogP contribution in [0.15, 0.2) is 168 Å². The van der Waals surface area contributed by atoms with Crippen LogP contribution in [0.1, 0.15) is 0 Å². The molecule has 4 heteroatoms. The van der Waals surface area contributed by atoms with Gasteiger partial charge in [-0.1, -0.05) is 127 Å². The second kappa shape index (κ2) is 11.2. The Balaban J connectivity index is 1.22. The van der Waals surface area contributed by atoms with Gasteiger partial charge in [-0.3, -0.25) is 0 Å². The van der Waals surface area contributed by atoms with Crippen molar-refractivity contribution in [3.05, 3.63) is 164 Å². The lowest BCUT2D eigenvalue weighted by Crippen LogP contribution is -1.95. The number of rotatable bonds is 5. The first-order chi connectivity index (χ1) is 23.3. The highest BCUT2D eigenvalue weighted by Gasteiger charge is 2.17. The average molecular weight is 602 g/mol. The molecule has 0 atom stereocenters. The summed E-state index contributed by atoms with van der Waals surface area (Å²) in [5.41, 5.74) is 10.9. The minimum absolute atomic E-state index is 0.621. The second-order valence-corrected chi connectivity index (χ2v) is 11.6. The van der Waals surface area contributed by atoms with Crippen LogP contribution in [0.4, 0.5) is 0 Å². The molecule has 0 saturated heterocycles. The van der Waals surface area contributed by atoms with Gasteiger partial charge in [0.1, 0.15) is 5.52 Å². The fourth-order valence-electron chi connectivity index (χ4n) is 6.45. The normalized spacial score (nSPS) is 11.4. The molecule has 9 aromatic rings. The molecule has 0 aliphatic rings. The first-order valence-corrected chi connectivity index (χ1v) is 15.7. The van der Waals surface area contributed by atoms with Crippen LogP contribution in [0.5, 0.6) is 0 Å². The number of para-hydroxylation sites is 1. The van der Waals surface area contributed by atoms with E-state index in [2.05, 4.69) is 103 Å². The number of oxazole rings is 1. The molecule has 0 amide bonds. The van der Waals surface area contributed by atoms with Crippen LogP contribution >= 0.6 is 0 Å². The van der Waals surface area contributed by atoms with Crippen molar-refractivity contribution in [2.24, 2.45) is 0 Å². The van der Waals surface area contributed by atoms with Crippen LogP contribution in [-0.4, -0.2) is 15.0 Å². The zero-order chi connectivity index (χ0) is 31.2. The first-order valence-electron chi connectivity index (χ1n) is 15.7. The van der Waals surface area contributed by atoms with E-state index < -0.39 is 0 Å². The van der Waals surface area contributed by atoms with Crippen LogP contribution in [0.2, 0.25) is 0 Å². The van der Waals surface area contributed by atoms with Gasteiger partial charge in [0.25, 0.3) is 0 Å². The van der Waals surface area contributed by atoms with Crippen molar-refractivity contribution in [2.75, 3.05) is 0 Å². The van der Waals surface area contributed by atoms with E-state index in [1.54, 1.807) is 0 Å². The lowest BCUT2D eigenvalue weighted by atomic mass is 9.89. The predicted octanol–water partition coefficient (Wildman–Crippen LogP) is 11.3. The molecule has 47 heavy (non-hydrogen) atoms. The van der Waals surface area contributed by atoms with E-state index in [9.17, 15) is 0 Å². The molecular formula is C43H27N3O. The van der Waals surface area contributed by atoms with Gasteiger partial charge in [-0.2, -0.15) is 0 Å². The van der Waals surface area contributed by atoms with E-state index in [-0.39, 0.29) is 0 Å². The summed E-state index contributed by atoms with van der Waals surface area (Å²) in [6.07, 6.45) is 0. The number of nitrogens with zero attached hydrogens (tertiary/aromatic N) is 3. The van der Waals surface area contributed by atoms with Gasteiger partial charge in [-0.15, -0.1) is 0 Å². The molecule has 0 unspecified atom stereocenters. The molecule has 0 N–H and O–H groups in total. The van der Waals surface area contributed by atoms with E-state index in [1.807, 2.05) is 60.7 Å². The molecular weight excluding hydrogens is 574 g/mol. The quantitative estimate of drug-likeness (QED) is 0.197. The van der Waals surface area contributed by atoms with Crippen LogP contribution in [0, 0.1) is 0 Å². The maximum atomic E-state index is 6.31. The largest absolute Gasteiger partial charge is 0.436 e. The molecule has 0 spiro atoms. The zero-order valence-corrected chi connectivity index (χ0v) is 25.3. The standard InChI is InChI=1S/C43H27N3O/c1-3-13-29(14-4-1)42-44-37-21-10-9-20-36(37)41(46-42)33-18-11-17-31(26-33)35-24-22-28-12-7-8-19-34(28)40(35)32-23-25-38-39(27-32)47-43(45-38)30-15-5-2-6-16-30/h1-27H. The van der Waals surface area contributed by atoms with Gasteiger partial charge in [0, 0.05) is 22.1 Å². The summed E-state index contributed by atoms with van der Waals surface area (Å²) in [7, 11) is 0. The maximum absolute atomic E-state index is 6.31. The molecule has 2 heterocycles. The van der Waals surface area contributed by atoms with E-state index in [0.29, 0.717) is 11.7 Å². The Morgan fingerprint density at radius 3 is 1.96 bits per heavy atom. The molecule has 4 nitrogen and oxygen atoms in total. The third-order valence-electron chi connectivity index (χ3n) is 8.71. The Hall–Kier alpha value is -6.39. The van der Waals surface area contributed by atoms with E-state index in [4.69, 9.17) is 19.4 Å². The van der Waals surface area contributed by atoms with Gasteiger partial charge in [0.15, 0.2) is 11.4 Å². The topological polar surface area (TPSA) is 51.8 Å². The molecule has 0 aliphatic heterocycles. The molecule has 0 fully saturated rings. The van der Waals surface area contributed by atoms with Gasteiger partial charge >= 0.3 is 0 Å². The first kappa shape index (κ1) is 27.0. The van der Waals surface area contributed by atoms with E-state index in [0.717, 1.165) is 66.6 Å². The Morgan fingerprint density at radius 2 is 1.11 bits per heavy atom. The molecule has 0 radical (unpaired) electrons. The highest BCUT2D eigenvalue weighted by Crippen LogP contribution is 2.41. The summed E-state index contributed by atoms with van der Waals surface area (Å²) in [6.45, 7) is 0. The average Bonchev–Trinajstić information content (AvgIpc) is 3.58. The monoisotopic (exact) mass is 601 g/mol. The molecule has 0 bridgehead atoms. The highest BCUT2D eigenvalue weighted by molar-refractivity contribution is 6.05. The smallest absolute Gasteiger partial charge is 0.227 e. The minimum atomic E-state index is 0.621. The van der Waals surface area contributed by atoms with Crippen LogP contribution in [-0.2, 0) is 0 Å². The summed E-state index contributed by atoms with van der Waals surface area (Å²) < 4.78 is 6.31. The lowest BCUT2D eigenvalue weighted by molar-refractivity contribution is 0.620. The van der Waals surface area contributed by atoms with Gasteiger partial charge in [0.2, 0.25) is 5.89 Å². The Labute approximate surface area is 271 Å². The van der Waals surface area contributed by atoms with Gasteiger partial charge in [-0.25, -0.2) is 15.0 Å². The Morgan fingerprint density at radius 1 is 0.404 bits per heavy atom. The number of benzene rings is 7. The van der Waals surface area contributed by atoms with Crippen molar-refractivity contribution in [1.29, 1.82) is 0 Å².